The van der Waals surface area contributed by atoms with Crippen LogP contribution in [0.5, 0.6) is 0 Å². The SMILES string of the molecule is NC1(CCc2ccc(Br)cn2)CCC1. The van der Waals surface area contributed by atoms with Gasteiger partial charge in [0.25, 0.3) is 0 Å². The number of aromatic nitrogens is 1. The summed E-state index contributed by atoms with van der Waals surface area (Å²) < 4.78 is 1.03. The van der Waals surface area contributed by atoms with E-state index >= 15 is 0 Å². The molecular formula is C11H15BrN2. The highest BCUT2D eigenvalue weighted by molar-refractivity contribution is 9.10. The Kier molecular flexibility index (Phi) is 2.88. The molecule has 0 spiro atoms. The molecule has 3 heteroatoms. The van der Waals surface area contributed by atoms with E-state index in [4.69, 9.17) is 5.73 Å². The second-order valence-electron chi connectivity index (χ2n) is 4.18. The van der Waals surface area contributed by atoms with Crippen molar-refractivity contribution in [3.8, 4) is 0 Å². The van der Waals surface area contributed by atoms with Gasteiger partial charge in [0.1, 0.15) is 0 Å². The Bertz CT molecular complexity index is 304. The normalized spacial score (nSPS) is 19.0. The Morgan fingerprint density at radius 1 is 1.43 bits per heavy atom. The van der Waals surface area contributed by atoms with E-state index in [1.807, 2.05) is 12.3 Å². The zero-order chi connectivity index (χ0) is 10.0. The van der Waals surface area contributed by atoms with Gasteiger partial charge in [0.05, 0.1) is 0 Å². The van der Waals surface area contributed by atoms with Crippen LogP contribution in [0.2, 0.25) is 0 Å². The molecule has 1 aliphatic rings. The highest BCUT2D eigenvalue weighted by Crippen LogP contribution is 2.32. The first-order chi connectivity index (χ1) is 6.68. The molecule has 1 aliphatic carbocycles. The molecule has 1 saturated carbocycles. The average Bonchev–Trinajstić information content (AvgIpc) is 2.14. The summed E-state index contributed by atoms with van der Waals surface area (Å²) in [6.07, 6.45) is 7.59. The lowest BCUT2D eigenvalue weighted by molar-refractivity contribution is 0.231. The van der Waals surface area contributed by atoms with Crippen LogP contribution in [0.15, 0.2) is 22.8 Å². The minimum Gasteiger partial charge on any atom is -0.325 e. The number of rotatable bonds is 3. The van der Waals surface area contributed by atoms with Crippen molar-refractivity contribution in [3.63, 3.8) is 0 Å². The second-order valence-corrected chi connectivity index (χ2v) is 5.10. The minimum atomic E-state index is 0.120. The maximum Gasteiger partial charge on any atom is 0.0413 e. The van der Waals surface area contributed by atoms with Crippen LogP contribution in [0.3, 0.4) is 0 Å². The largest absolute Gasteiger partial charge is 0.325 e. The van der Waals surface area contributed by atoms with Gasteiger partial charge in [0.15, 0.2) is 0 Å². The molecule has 1 aromatic heterocycles. The fraction of sp³-hybridized carbons (Fsp3) is 0.545. The lowest BCUT2D eigenvalue weighted by Crippen LogP contribution is -2.46. The summed E-state index contributed by atoms with van der Waals surface area (Å²) in [6, 6.07) is 4.10. The number of hydrogen-bond donors (Lipinski definition) is 1. The third-order valence-electron chi connectivity index (χ3n) is 3.02. The van der Waals surface area contributed by atoms with Crippen LogP contribution in [-0.4, -0.2) is 10.5 Å². The molecule has 0 aromatic carbocycles. The summed E-state index contributed by atoms with van der Waals surface area (Å²) in [7, 11) is 0. The van der Waals surface area contributed by atoms with E-state index in [9.17, 15) is 0 Å². The fourth-order valence-electron chi connectivity index (χ4n) is 1.81. The van der Waals surface area contributed by atoms with Crippen molar-refractivity contribution in [1.82, 2.24) is 4.98 Å². The maximum atomic E-state index is 6.14. The number of aryl methyl sites for hydroxylation is 1. The van der Waals surface area contributed by atoms with Gasteiger partial charge in [-0.1, -0.05) is 0 Å². The van der Waals surface area contributed by atoms with Crippen molar-refractivity contribution >= 4 is 15.9 Å². The van der Waals surface area contributed by atoms with Gasteiger partial charge in [-0.05, 0) is 60.2 Å². The number of pyridine rings is 1. The molecule has 0 radical (unpaired) electrons. The summed E-state index contributed by atoms with van der Waals surface area (Å²) in [4.78, 5) is 4.34. The summed E-state index contributed by atoms with van der Waals surface area (Å²) in [6.45, 7) is 0. The van der Waals surface area contributed by atoms with E-state index in [0.29, 0.717) is 0 Å². The van der Waals surface area contributed by atoms with E-state index < -0.39 is 0 Å². The number of hydrogen-bond acceptors (Lipinski definition) is 2. The Hall–Kier alpha value is -0.410. The molecule has 0 saturated heterocycles. The Morgan fingerprint density at radius 3 is 2.71 bits per heavy atom. The van der Waals surface area contributed by atoms with Gasteiger partial charge in [0, 0.05) is 21.9 Å². The van der Waals surface area contributed by atoms with Gasteiger partial charge in [0.2, 0.25) is 0 Å². The van der Waals surface area contributed by atoms with Gasteiger partial charge in [-0.15, -0.1) is 0 Å². The lowest BCUT2D eigenvalue weighted by atomic mass is 9.74. The number of halogens is 1. The molecule has 0 bridgehead atoms. The zero-order valence-electron chi connectivity index (χ0n) is 8.17. The van der Waals surface area contributed by atoms with Crippen molar-refractivity contribution in [2.45, 2.75) is 37.6 Å². The van der Waals surface area contributed by atoms with Crippen LogP contribution in [0.25, 0.3) is 0 Å². The van der Waals surface area contributed by atoms with Gasteiger partial charge >= 0.3 is 0 Å². The van der Waals surface area contributed by atoms with Gasteiger partial charge < -0.3 is 5.73 Å². The first-order valence-electron chi connectivity index (χ1n) is 5.07. The molecule has 2 N–H and O–H groups in total. The van der Waals surface area contributed by atoms with Crippen molar-refractivity contribution in [2.24, 2.45) is 5.73 Å². The van der Waals surface area contributed by atoms with Gasteiger partial charge in [-0.25, -0.2) is 0 Å². The molecule has 76 valence electrons. The molecule has 1 aromatic rings. The first kappa shape index (κ1) is 10.1. The maximum absolute atomic E-state index is 6.14. The monoisotopic (exact) mass is 254 g/mol. The van der Waals surface area contributed by atoms with Crippen LogP contribution in [-0.2, 0) is 6.42 Å². The molecule has 0 amide bonds. The molecule has 2 rings (SSSR count). The molecular weight excluding hydrogens is 240 g/mol. The highest BCUT2D eigenvalue weighted by Gasteiger charge is 2.31. The fourth-order valence-corrected chi connectivity index (χ4v) is 2.05. The Morgan fingerprint density at radius 2 is 2.21 bits per heavy atom. The number of nitrogens with two attached hydrogens (primary N) is 1. The van der Waals surface area contributed by atoms with Gasteiger partial charge in [-0.3, -0.25) is 4.98 Å². The lowest BCUT2D eigenvalue weighted by Gasteiger charge is -2.38. The first-order valence-corrected chi connectivity index (χ1v) is 5.87. The third kappa shape index (κ3) is 2.34. The van der Waals surface area contributed by atoms with Crippen LogP contribution < -0.4 is 5.73 Å². The molecule has 0 unspecified atom stereocenters. The van der Waals surface area contributed by atoms with Gasteiger partial charge in [-0.2, -0.15) is 0 Å². The molecule has 1 heterocycles. The molecule has 0 aliphatic heterocycles. The summed E-state index contributed by atoms with van der Waals surface area (Å²) in [5, 5.41) is 0. The van der Waals surface area contributed by atoms with E-state index in [1.54, 1.807) is 0 Å². The van der Waals surface area contributed by atoms with Crippen LogP contribution in [0.4, 0.5) is 0 Å². The van der Waals surface area contributed by atoms with Crippen molar-refractivity contribution < 1.29 is 0 Å². The highest BCUT2D eigenvalue weighted by atomic mass is 79.9. The van der Waals surface area contributed by atoms with Crippen molar-refractivity contribution in [2.75, 3.05) is 0 Å². The van der Waals surface area contributed by atoms with Crippen molar-refractivity contribution in [3.05, 3.63) is 28.5 Å². The zero-order valence-corrected chi connectivity index (χ0v) is 9.76. The molecule has 0 atom stereocenters. The minimum absolute atomic E-state index is 0.120. The molecule has 14 heavy (non-hydrogen) atoms. The third-order valence-corrected chi connectivity index (χ3v) is 3.49. The summed E-state index contributed by atoms with van der Waals surface area (Å²) in [5.41, 5.74) is 7.41. The van der Waals surface area contributed by atoms with Crippen molar-refractivity contribution in [1.29, 1.82) is 0 Å². The van der Waals surface area contributed by atoms with Crippen LogP contribution in [0, 0.1) is 0 Å². The van der Waals surface area contributed by atoms with Crippen LogP contribution >= 0.6 is 15.9 Å². The topological polar surface area (TPSA) is 38.9 Å². The predicted octanol–water partition coefficient (Wildman–Crippen LogP) is 2.66. The Balaban J connectivity index is 1.88. The Labute approximate surface area is 93.0 Å². The van der Waals surface area contributed by atoms with E-state index in [0.717, 1.165) is 23.0 Å². The summed E-state index contributed by atoms with van der Waals surface area (Å²) >= 11 is 3.37. The average molecular weight is 255 g/mol. The van der Waals surface area contributed by atoms with E-state index in [1.165, 1.54) is 19.3 Å². The van der Waals surface area contributed by atoms with E-state index in [2.05, 4.69) is 27.0 Å². The number of nitrogens with zero attached hydrogens (tertiary/aromatic N) is 1. The smallest absolute Gasteiger partial charge is 0.0413 e. The summed E-state index contributed by atoms with van der Waals surface area (Å²) in [5.74, 6) is 0. The second kappa shape index (κ2) is 3.99. The quantitative estimate of drug-likeness (QED) is 0.901. The van der Waals surface area contributed by atoms with E-state index in [-0.39, 0.29) is 5.54 Å². The predicted molar refractivity (Wildman–Crippen MR) is 61.0 cm³/mol. The standard InChI is InChI=1S/C11H15BrN2/c12-9-2-3-10(14-8-9)4-7-11(13)5-1-6-11/h2-3,8H,1,4-7,13H2. The molecule has 2 nitrogen and oxygen atoms in total. The van der Waals surface area contributed by atoms with Crippen LogP contribution in [0.1, 0.15) is 31.4 Å². The molecule has 1 fully saturated rings.